The van der Waals surface area contributed by atoms with Crippen LogP contribution in [0.3, 0.4) is 0 Å². The molecule has 1 heterocycles. The summed E-state index contributed by atoms with van der Waals surface area (Å²) < 4.78 is 10.4. The van der Waals surface area contributed by atoms with Crippen molar-refractivity contribution in [3.63, 3.8) is 0 Å². The minimum absolute atomic E-state index is 0.0279. The second-order valence-corrected chi connectivity index (χ2v) is 5.43. The first-order valence-electron chi connectivity index (χ1n) is 7.13. The van der Waals surface area contributed by atoms with Gasteiger partial charge < -0.3 is 19.9 Å². The fraction of sp³-hybridized carbons (Fsp3) is 0.857. The number of ether oxygens (including phenoxy) is 2. The number of hydrogen-bond acceptors (Lipinski definition) is 5. The molecule has 0 saturated carbocycles. The molecule has 1 aliphatic rings. The van der Waals surface area contributed by atoms with Gasteiger partial charge in [0.2, 0.25) is 5.91 Å². The van der Waals surface area contributed by atoms with Gasteiger partial charge in [0.1, 0.15) is 6.61 Å². The third-order valence-corrected chi connectivity index (χ3v) is 3.86. The third kappa shape index (κ3) is 4.45. The second-order valence-electron chi connectivity index (χ2n) is 5.43. The molecule has 116 valence electrons. The minimum atomic E-state index is -1.08. The first kappa shape index (κ1) is 16.9. The van der Waals surface area contributed by atoms with Crippen LogP contribution in [0.4, 0.5) is 0 Å². The van der Waals surface area contributed by atoms with Crippen LogP contribution in [-0.4, -0.2) is 42.0 Å². The van der Waals surface area contributed by atoms with Gasteiger partial charge in [0.25, 0.3) is 0 Å². The van der Waals surface area contributed by atoms with E-state index in [-0.39, 0.29) is 36.4 Å². The van der Waals surface area contributed by atoms with Gasteiger partial charge in [-0.1, -0.05) is 20.8 Å². The molecule has 0 aliphatic carbocycles. The third-order valence-electron chi connectivity index (χ3n) is 3.86. The lowest BCUT2D eigenvalue weighted by atomic mass is 9.82. The van der Waals surface area contributed by atoms with E-state index in [2.05, 4.69) is 5.32 Å². The predicted octanol–water partition coefficient (Wildman–Crippen LogP) is 0.824. The molecule has 1 amide bonds. The summed E-state index contributed by atoms with van der Waals surface area (Å²) in [4.78, 5) is 22.5. The number of amides is 1. The van der Waals surface area contributed by atoms with Crippen molar-refractivity contribution >= 4 is 11.9 Å². The van der Waals surface area contributed by atoms with Crippen molar-refractivity contribution < 1.29 is 24.2 Å². The van der Waals surface area contributed by atoms with E-state index in [1.54, 1.807) is 0 Å². The zero-order valence-electron chi connectivity index (χ0n) is 12.6. The van der Waals surface area contributed by atoms with Crippen LogP contribution in [0.25, 0.3) is 0 Å². The van der Waals surface area contributed by atoms with Crippen molar-refractivity contribution in [3.8, 4) is 0 Å². The zero-order chi connectivity index (χ0) is 15.3. The Bertz CT molecular complexity index is 346. The highest BCUT2D eigenvalue weighted by Crippen LogP contribution is 2.30. The van der Waals surface area contributed by atoms with Crippen LogP contribution in [-0.2, 0) is 19.1 Å². The molecule has 1 rings (SSSR count). The number of nitrogens with one attached hydrogen (secondary N) is 1. The van der Waals surface area contributed by atoms with Crippen LogP contribution >= 0.6 is 0 Å². The molecule has 2 N–H and O–H groups in total. The Morgan fingerprint density at radius 2 is 1.95 bits per heavy atom. The number of carbonyl (C=O) groups excluding carboxylic acids is 2. The van der Waals surface area contributed by atoms with Crippen LogP contribution in [0.5, 0.6) is 0 Å². The average molecular weight is 287 g/mol. The van der Waals surface area contributed by atoms with Crippen LogP contribution in [0.15, 0.2) is 0 Å². The number of rotatable bonds is 5. The molecule has 0 aromatic heterocycles. The van der Waals surface area contributed by atoms with Gasteiger partial charge in [0, 0.05) is 13.3 Å². The topological polar surface area (TPSA) is 84.9 Å². The molecule has 0 radical (unpaired) electrons. The van der Waals surface area contributed by atoms with Gasteiger partial charge in [0.05, 0.1) is 12.1 Å². The Hall–Kier alpha value is -1.14. The van der Waals surface area contributed by atoms with E-state index in [9.17, 15) is 14.7 Å². The maximum absolute atomic E-state index is 11.7. The average Bonchev–Trinajstić information content (AvgIpc) is 2.37. The molecule has 1 aliphatic heterocycles. The highest BCUT2D eigenvalue weighted by molar-refractivity contribution is 5.76. The molecule has 0 aromatic rings. The summed E-state index contributed by atoms with van der Waals surface area (Å²) >= 11 is 0. The summed E-state index contributed by atoms with van der Waals surface area (Å²) in [5, 5.41) is 12.8. The highest BCUT2D eigenvalue weighted by Gasteiger charge is 2.41. The van der Waals surface area contributed by atoms with E-state index in [0.29, 0.717) is 6.42 Å². The molecule has 6 nitrogen and oxygen atoms in total. The highest BCUT2D eigenvalue weighted by atomic mass is 16.6. The monoisotopic (exact) mass is 287 g/mol. The van der Waals surface area contributed by atoms with Gasteiger partial charge in [-0.25, -0.2) is 0 Å². The van der Waals surface area contributed by atoms with E-state index in [0.717, 1.165) is 6.42 Å². The maximum Gasteiger partial charge on any atom is 0.302 e. The SMILES string of the molecule is CCCC(=O)N[C@@H]1C(O)OC(COC(C)=O)[C@@H](C)C1C. The van der Waals surface area contributed by atoms with Gasteiger partial charge in [-0.15, -0.1) is 0 Å². The normalized spacial score (nSPS) is 33.5. The molecular weight excluding hydrogens is 262 g/mol. The van der Waals surface area contributed by atoms with E-state index < -0.39 is 12.3 Å². The Morgan fingerprint density at radius 3 is 2.50 bits per heavy atom. The Kier molecular flexibility index (Phi) is 6.42. The lowest BCUT2D eigenvalue weighted by Gasteiger charge is -2.42. The Labute approximate surface area is 119 Å². The van der Waals surface area contributed by atoms with E-state index in [1.165, 1.54) is 6.92 Å². The van der Waals surface area contributed by atoms with Crippen LogP contribution in [0.1, 0.15) is 40.5 Å². The lowest BCUT2D eigenvalue weighted by molar-refractivity contribution is -0.223. The van der Waals surface area contributed by atoms with Gasteiger partial charge in [-0.05, 0) is 18.3 Å². The molecule has 1 fully saturated rings. The summed E-state index contributed by atoms with van der Waals surface area (Å²) in [6, 6.07) is -0.433. The zero-order valence-corrected chi connectivity index (χ0v) is 12.6. The van der Waals surface area contributed by atoms with Crippen LogP contribution in [0, 0.1) is 11.8 Å². The summed E-state index contributed by atoms with van der Waals surface area (Å²) in [5.74, 6) is -0.372. The minimum Gasteiger partial charge on any atom is -0.463 e. The molecule has 5 atom stereocenters. The van der Waals surface area contributed by atoms with Crippen molar-refractivity contribution in [3.05, 3.63) is 0 Å². The number of aliphatic hydroxyl groups is 1. The molecule has 0 bridgehead atoms. The van der Waals surface area contributed by atoms with Gasteiger partial charge in [0.15, 0.2) is 6.29 Å². The van der Waals surface area contributed by atoms with Crippen molar-refractivity contribution in [1.82, 2.24) is 5.32 Å². The fourth-order valence-corrected chi connectivity index (χ4v) is 2.39. The maximum atomic E-state index is 11.7. The Morgan fingerprint density at radius 1 is 1.30 bits per heavy atom. The molecule has 0 spiro atoms. The quantitative estimate of drug-likeness (QED) is 0.731. The first-order valence-corrected chi connectivity index (χ1v) is 7.13. The smallest absolute Gasteiger partial charge is 0.302 e. The van der Waals surface area contributed by atoms with Crippen LogP contribution in [0.2, 0.25) is 0 Å². The summed E-state index contributed by atoms with van der Waals surface area (Å²) in [6.07, 6.45) is -0.249. The van der Waals surface area contributed by atoms with Crippen molar-refractivity contribution in [2.45, 2.75) is 59.0 Å². The van der Waals surface area contributed by atoms with Gasteiger partial charge >= 0.3 is 5.97 Å². The number of aliphatic hydroxyl groups excluding tert-OH is 1. The Balaban J connectivity index is 2.61. The molecule has 1 saturated heterocycles. The number of esters is 1. The molecule has 3 unspecified atom stereocenters. The first-order chi connectivity index (χ1) is 9.36. The largest absolute Gasteiger partial charge is 0.463 e. The predicted molar refractivity (Wildman–Crippen MR) is 72.7 cm³/mol. The van der Waals surface area contributed by atoms with Gasteiger partial charge in [-0.2, -0.15) is 0 Å². The van der Waals surface area contributed by atoms with Crippen LogP contribution < -0.4 is 5.32 Å². The van der Waals surface area contributed by atoms with Gasteiger partial charge in [-0.3, -0.25) is 9.59 Å². The number of carbonyl (C=O) groups is 2. The van der Waals surface area contributed by atoms with Crippen molar-refractivity contribution in [2.24, 2.45) is 11.8 Å². The number of hydrogen-bond donors (Lipinski definition) is 2. The van der Waals surface area contributed by atoms with E-state index in [4.69, 9.17) is 9.47 Å². The van der Waals surface area contributed by atoms with Crippen molar-refractivity contribution in [1.29, 1.82) is 0 Å². The molecule has 0 aromatic carbocycles. The summed E-state index contributed by atoms with van der Waals surface area (Å²) in [7, 11) is 0. The summed E-state index contributed by atoms with van der Waals surface area (Å²) in [6.45, 7) is 7.29. The summed E-state index contributed by atoms with van der Waals surface area (Å²) in [5.41, 5.74) is 0. The van der Waals surface area contributed by atoms with E-state index >= 15 is 0 Å². The van der Waals surface area contributed by atoms with E-state index in [1.807, 2.05) is 20.8 Å². The standard InChI is InChI=1S/C14H25NO5/c1-5-6-12(17)15-13-9(3)8(2)11(20-14(13)18)7-19-10(4)16/h8-9,11,13-14,18H,5-7H2,1-4H3,(H,15,17)/t8-,9?,11?,13-,14?/m0/s1. The molecule has 20 heavy (non-hydrogen) atoms. The second kappa shape index (κ2) is 7.59. The lowest BCUT2D eigenvalue weighted by Crippen LogP contribution is -2.57. The molecular formula is C14H25NO5. The fourth-order valence-electron chi connectivity index (χ4n) is 2.39. The molecule has 6 heteroatoms. The van der Waals surface area contributed by atoms with Crippen molar-refractivity contribution in [2.75, 3.05) is 6.61 Å².